The van der Waals surface area contributed by atoms with Gasteiger partial charge in [-0.25, -0.2) is 4.98 Å². The Balaban J connectivity index is 0.00000121. The number of benzene rings is 2. The second-order valence-electron chi connectivity index (χ2n) is 8.21. The molecule has 2 atom stereocenters. The van der Waals surface area contributed by atoms with Crippen LogP contribution in [0.25, 0.3) is 11.3 Å². The first kappa shape index (κ1) is 27.4. The van der Waals surface area contributed by atoms with Gasteiger partial charge in [0.25, 0.3) is 0 Å². The molecule has 0 spiro atoms. The van der Waals surface area contributed by atoms with Crippen molar-refractivity contribution in [3.05, 3.63) is 71.9 Å². The minimum atomic E-state index is -0.250. The van der Waals surface area contributed by atoms with Crippen LogP contribution in [0.5, 0.6) is 0 Å². The van der Waals surface area contributed by atoms with Crippen molar-refractivity contribution in [1.29, 1.82) is 0 Å². The van der Waals surface area contributed by atoms with E-state index < -0.39 is 0 Å². The number of anilines is 1. The van der Waals surface area contributed by atoms with Crippen LogP contribution in [-0.4, -0.2) is 29.7 Å². The number of rotatable bonds is 9. The van der Waals surface area contributed by atoms with Crippen LogP contribution in [0.1, 0.15) is 57.6 Å². The number of alkyl halides is 1. The molecule has 2 unspecified atom stereocenters. The molecule has 0 radical (unpaired) electrons. The molecule has 1 aromatic heterocycles. The lowest BCUT2D eigenvalue weighted by Gasteiger charge is -2.26. The number of aromatic nitrogens is 2. The van der Waals surface area contributed by atoms with Crippen LogP contribution in [0.15, 0.2) is 60.8 Å². The Kier molecular flexibility index (Phi) is 12.3. The van der Waals surface area contributed by atoms with Gasteiger partial charge in [-0.15, -0.1) is 0 Å². The monoisotopic (exact) mass is 440 g/mol. The highest BCUT2D eigenvalue weighted by Gasteiger charge is 2.17. The minimum Gasteiger partial charge on any atom is -0.344 e. The first-order valence-corrected chi connectivity index (χ1v) is 11.5. The molecule has 0 saturated carbocycles. The van der Waals surface area contributed by atoms with Crippen molar-refractivity contribution >= 4 is 5.95 Å². The number of halogens is 1. The molecule has 3 rings (SSSR count). The Morgan fingerprint density at radius 1 is 1.00 bits per heavy atom. The third-order valence-corrected chi connectivity index (χ3v) is 5.72. The molecular weight excluding hydrogens is 399 g/mol. The Bertz CT molecular complexity index is 878. The molecule has 32 heavy (non-hydrogen) atoms. The summed E-state index contributed by atoms with van der Waals surface area (Å²) >= 11 is 0. The van der Waals surface area contributed by atoms with Crippen molar-refractivity contribution in [2.45, 2.75) is 53.4 Å². The zero-order chi connectivity index (χ0) is 22.6. The van der Waals surface area contributed by atoms with Crippen LogP contribution in [0.3, 0.4) is 0 Å². The fourth-order valence-corrected chi connectivity index (χ4v) is 3.72. The molecule has 0 bridgehead atoms. The van der Waals surface area contributed by atoms with Crippen molar-refractivity contribution in [2.24, 2.45) is 5.92 Å². The zero-order valence-electron chi connectivity index (χ0n) is 20.4. The van der Waals surface area contributed by atoms with Crippen LogP contribution in [0, 0.1) is 12.8 Å². The number of imidazole rings is 1. The maximum absolute atomic E-state index is 10.3. The van der Waals surface area contributed by atoms with Crippen LogP contribution >= 0.6 is 0 Å². The van der Waals surface area contributed by atoms with Gasteiger partial charge in [-0.1, -0.05) is 74.9 Å². The Hall–Kier alpha value is -2.66. The van der Waals surface area contributed by atoms with Gasteiger partial charge in [0, 0.05) is 13.1 Å². The summed E-state index contributed by atoms with van der Waals surface area (Å²) in [7, 11) is 0. The lowest BCUT2D eigenvalue weighted by molar-refractivity contribution is 0.450. The van der Waals surface area contributed by atoms with Gasteiger partial charge >= 0.3 is 0 Å². The summed E-state index contributed by atoms with van der Waals surface area (Å²) in [6, 6.07) is 19.4. The van der Waals surface area contributed by atoms with E-state index in [1.165, 1.54) is 23.6 Å². The highest BCUT2D eigenvalue weighted by Crippen LogP contribution is 2.27. The molecule has 0 amide bonds. The first-order chi connectivity index (χ1) is 15.0. The van der Waals surface area contributed by atoms with Gasteiger partial charge < -0.3 is 16.0 Å². The number of nitrogens with one attached hydrogen (secondary N) is 1. The first-order valence-electron chi connectivity index (χ1n) is 11.5. The summed E-state index contributed by atoms with van der Waals surface area (Å²) in [6.45, 7) is 12.3. The van der Waals surface area contributed by atoms with E-state index in [1.54, 1.807) is 0 Å². The molecule has 0 aliphatic heterocycles. The number of H-pyrrole nitrogens is 1. The maximum atomic E-state index is 10.3. The molecule has 1 heterocycles. The van der Waals surface area contributed by atoms with Crippen LogP contribution < -0.4 is 11.1 Å². The second kappa shape index (κ2) is 14.4. The van der Waals surface area contributed by atoms with Crippen molar-refractivity contribution in [3.8, 4) is 11.3 Å². The summed E-state index contributed by atoms with van der Waals surface area (Å²) in [6.07, 6.45) is 4.22. The highest BCUT2D eigenvalue weighted by atomic mass is 19.1. The van der Waals surface area contributed by atoms with Crippen LogP contribution in [0.2, 0.25) is 0 Å². The molecule has 5 heteroatoms. The number of aromatic amines is 1. The van der Waals surface area contributed by atoms with Crippen LogP contribution in [-0.2, 0) is 0 Å². The molecule has 0 fully saturated rings. The summed E-state index contributed by atoms with van der Waals surface area (Å²) in [5, 5.41) is 0. The molecule has 0 aliphatic carbocycles. The molecule has 4 N–H and O–H groups in total. The van der Waals surface area contributed by atoms with E-state index in [1.807, 2.05) is 6.20 Å². The van der Waals surface area contributed by atoms with Crippen molar-refractivity contribution < 1.29 is 4.39 Å². The summed E-state index contributed by atoms with van der Waals surface area (Å²) in [4.78, 5) is 10.6. The fraction of sp³-hybridized carbons (Fsp3) is 0.444. The summed E-state index contributed by atoms with van der Waals surface area (Å²) < 4.78 is 10.3. The van der Waals surface area contributed by atoms with Crippen molar-refractivity contribution in [2.75, 3.05) is 24.7 Å². The Morgan fingerprint density at radius 2 is 1.69 bits per heavy atom. The van der Waals surface area contributed by atoms with Gasteiger partial charge in [-0.3, -0.25) is 4.39 Å². The van der Waals surface area contributed by atoms with E-state index in [-0.39, 0.29) is 12.8 Å². The molecule has 3 aromatic rings. The predicted octanol–water partition coefficient (Wildman–Crippen LogP) is 7.57. The summed E-state index contributed by atoms with van der Waals surface area (Å²) in [5.41, 5.74) is 4.98. The average Bonchev–Trinajstić information content (AvgIpc) is 3.27. The van der Waals surface area contributed by atoms with Gasteiger partial charge in [0.05, 0.1) is 18.6 Å². The number of hydrogen-bond donors (Lipinski definition) is 2. The molecule has 176 valence electrons. The summed E-state index contributed by atoms with van der Waals surface area (Å²) in [5.74, 6) is 2.16. The standard InChI is InChI=1S/C25H33N3.C2H5F.H3N/c1-5-15-28(16-14-20(3)21(4)22-11-7-6-8-12-22)25-26-18-24(27-25)23-13-9-10-19(2)17-23;1-2-3;/h6-13,17-18,20-21H,5,14-16H2,1-4H3,(H,26,27);2H2,1H3;1H3. The third kappa shape index (κ3) is 8.12. The molecule has 0 aliphatic rings. The smallest absolute Gasteiger partial charge is 0.203 e. The topological polar surface area (TPSA) is 66.9 Å². The largest absolute Gasteiger partial charge is 0.344 e. The molecule has 2 aromatic carbocycles. The third-order valence-electron chi connectivity index (χ3n) is 5.72. The maximum Gasteiger partial charge on any atom is 0.203 e. The van der Waals surface area contributed by atoms with Crippen LogP contribution in [0.4, 0.5) is 10.3 Å². The quantitative estimate of drug-likeness (QED) is 0.360. The number of hydrogen-bond acceptors (Lipinski definition) is 3. The van der Waals surface area contributed by atoms with E-state index in [9.17, 15) is 4.39 Å². The molecule has 0 saturated heterocycles. The zero-order valence-corrected chi connectivity index (χ0v) is 20.4. The second-order valence-corrected chi connectivity index (χ2v) is 8.21. The van der Waals surface area contributed by atoms with Crippen molar-refractivity contribution in [1.82, 2.24) is 16.1 Å². The predicted molar refractivity (Wildman–Crippen MR) is 137 cm³/mol. The normalized spacial score (nSPS) is 12.2. The van der Waals surface area contributed by atoms with Gasteiger partial charge in [-0.2, -0.15) is 0 Å². The minimum absolute atomic E-state index is 0. The lowest BCUT2D eigenvalue weighted by Crippen LogP contribution is -2.28. The van der Waals surface area contributed by atoms with Gasteiger partial charge in [0.2, 0.25) is 5.95 Å². The molecular formula is C27H41FN4. The molecule has 4 nitrogen and oxygen atoms in total. The van der Waals surface area contributed by atoms with Crippen molar-refractivity contribution in [3.63, 3.8) is 0 Å². The van der Waals surface area contributed by atoms with E-state index in [0.29, 0.717) is 11.8 Å². The van der Waals surface area contributed by atoms with Gasteiger partial charge in [0.15, 0.2) is 0 Å². The van der Waals surface area contributed by atoms with Gasteiger partial charge in [0.1, 0.15) is 0 Å². The van der Waals surface area contributed by atoms with Gasteiger partial charge in [-0.05, 0) is 55.7 Å². The number of aryl methyl sites for hydroxylation is 1. The highest BCUT2D eigenvalue weighted by molar-refractivity contribution is 5.61. The Labute approximate surface area is 193 Å². The SMILES string of the molecule is CCCN(CCC(C)C(C)c1ccccc1)c1ncc(-c2cccc(C)c2)[nH]1.CCF.N. The lowest BCUT2D eigenvalue weighted by atomic mass is 9.87. The fourth-order valence-electron chi connectivity index (χ4n) is 3.72. The number of nitrogens with zero attached hydrogens (tertiary/aromatic N) is 2. The van der Waals surface area contributed by atoms with E-state index in [2.05, 4.69) is 92.2 Å². The van der Waals surface area contributed by atoms with E-state index in [0.717, 1.165) is 37.6 Å². The van der Waals surface area contributed by atoms with E-state index in [4.69, 9.17) is 4.98 Å². The Morgan fingerprint density at radius 3 is 2.31 bits per heavy atom. The van der Waals surface area contributed by atoms with E-state index >= 15 is 0 Å². The average molecular weight is 441 g/mol.